The Hall–Kier alpha value is -1.02. The van der Waals surface area contributed by atoms with E-state index in [1.54, 1.807) is 30.3 Å². The van der Waals surface area contributed by atoms with Gasteiger partial charge in [-0.05, 0) is 56.4 Å². The number of nitrogens with two attached hydrogens (primary N) is 1. The van der Waals surface area contributed by atoms with Gasteiger partial charge in [0.05, 0.1) is 5.02 Å². The first-order valence-corrected chi connectivity index (χ1v) is 9.37. The highest BCUT2D eigenvalue weighted by atomic mass is 35.5. The third-order valence-corrected chi connectivity index (χ3v) is 5.15. The second-order valence-electron chi connectivity index (χ2n) is 5.50. The Balaban J connectivity index is 0.00000312. The van der Waals surface area contributed by atoms with E-state index >= 15 is 0 Å². The summed E-state index contributed by atoms with van der Waals surface area (Å²) in [4.78, 5) is 2.08. The lowest BCUT2D eigenvalue weighted by Gasteiger charge is -2.16. The highest BCUT2D eigenvalue weighted by molar-refractivity contribution is 7.87. The summed E-state index contributed by atoms with van der Waals surface area (Å²) in [7, 11) is -1.98. The molecule has 0 fully saturated rings. The Morgan fingerprint density at radius 2 is 1.81 bits per heavy atom. The van der Waals surface area contributed by atoms with E-state index < -0.39 is 10.1 Å². The zero-order chi connectivity index (χ0) is 17.6. The van der Waals surface area contributed by atoms with Crippen molar-refractivity contribution in [3.05, 3.63) is 59.1 Å². The molecule has 0 spiro atoms. The van der Waals surface area contributed by atoms with Crippen LogP contribution in [0.15, 0.2) is 53.4 Å². The number of hydrogen-bond donors (Lipinski definition) is 1. The van der Waals surface area contributed by atoms with E-state index in [2.05, 4.69) is 4.90 Å². The SMILES string of the molecule is CN(CCCN)Cc1cccc(OS(=O)(=O)c2ccccc2Cl)c1.Cl.Cl. The van der Waals surface area contributed by atoms with Crippen molar-refractivity contribution in [2.75, 3.05) is 20.1 Å². The van der Waals surface area contributed by atoms with Gasteiger partial charge in [0, 0.05) is 6.54 Å². The molecule has 5 nitrogen and oxygen atoms in total. The monoisotopic (exact) mass is 440 g/mol. The number of benzene rings is 2. The van der Waals surface area contributed by atoms with Crippen LogP contribution in [0.1, 0.15) is 12.0 Å². The number of halogens is 3. The predicted molar refractivity (Wildman–Crippen MR) is 110 cm³/mol. The fourth-order valence-corrected chi connectivity index (χ4v) is 3.68. The quantitative estimate of drug-likeness (QED) is 0.632. The molecule has 0 amide bonds. The Morgan fingerprint density at radius 3 is 2.46 bits per heavy atom. The minimum absolute atomic E-state index is 0. The van der Waals surface area contributed by atoms with Crippen LogP contribution in [0.5, 0.6) is 5.75 Å². The third kappa shape index (κ3) is 7.31. The van der Waals surface area contributed by atoms with Crippen molar-refractivity contribution >= 4 is 46.5 Å². The summed E-state index contributed by atoms with van der Waals surface area (Å²) in [6, 6.07) is 13.2. The van der Waals surface area contributed by atoms with E-state index in [-0.39, 0.29) is 40.5 Å². The van der Waals surface area contributed by atoms with Crippen molar-refractivity contribution in [2.45, 2.75) is 17.9 Å². The molecule has 0 aliphatic carbocycles. The van der Waals surface area contributed by atoms with Gasteiger partial charge in [0.15, 0.2) is 0 Å². The summed E-state index contributed by atoms with van der Waals surface area (Å²) in [5.41, 5.74) is 6.47. The summed E-state index contributed by atoms with van der Waals surface area (Å²) in [5.74, 6) is 0.264. The van der Waals surface area contributed by atoms with Crippen LogP contribution >= 0.6 is 36.4 Å². The fourth-order valence-electron chi connectivity index (χ4n) is 2.27. The summed E-state index contributed by atoms with van der Waals surface area (Å²) in [5, 5.41) is 0.134. The van der Waals surface area contributed by atoms with Gasteiger partial charge in [-0.3, -0.25) is 0 Å². The lowest BCUT2D eigenvalue weighted by molar-refractivity contribution is 0.324. The van der Waals surface area contributed by atoms with Crippen LogP contribution < -0.4 is 9.92 Å². The molecule has 0 saturated heterocycles. The summed E-state index contributed by atoms with van der Waals surface area (Å²) in [6.07, 6.45) is 0.910. The molecule has 2 aromatic rings. The minimum atomic E-state index is -3.97. The normalized spacial score (nSPS) is 10.8. The molecule has 0 aliphatic rings. The first kappa shape index (κ1) is 25.0. The number of rotatable bonds is 8. The van der Waals surface area contributed by atoms with Gasteiger partial charge < -0.3 is 14.8 Å². The molecular formula is C17H23Cl3N2O3S. The van der Waals surface area contributed by atoms with Crippen molar-refractivity contribution in [1.82, 2.24) is 4.90 Å². The van der Waals surface area contributed by atoms with Gasteiger partial charge in [-0.1, -0.05) is 35.9 Å². The fraction of sp³-hybridized carbons (Fsp3) is 0.294. The van der Waals surface area contributed by atoms with E-state index in [0.717, 1.165) is 18.5 Å². The molecule has 0 radical (unpaired) electrons. The maximum atomic E-state index is 12.4. The van der Waals surface area contributed by atoms with Gasteiger partial charge in [0.25, 0.3) is 0 Å². The minimum Gasteiger partial charge on any atom is -0.379 e. The van der Waals surface area contributed by atoms with Crippen LogP contribution in [-0.4, -0.2) is 33.5 Å². The lowest BCUT2D eigenvalue weighted by Crippen LogP contribution is -2.21. The molecule has 2 aromatic carbocycles. The molecule has 26 heavy (non-hydrogen) atoms. The van der Waals surface area contributed by atoms with E-state index in [1.165, 1.54) is 12.1 Å². The summed E-state index contributed by atoms with van der Waals surface area (Å²) < 4.78 is 30.0. The van der Waals surface area contributed by atoms with Crippen molar-refractivity contribution in [2.24, 2.45) is 5.73 Å². The molecule has 0 heterocycles. The average Bonchev–Trinajstić information content (AvgIpc) is 2.53. The third-order valence-electron chi connectivity index (χ3n) is 3.41. The molecule has 2 N–H and O–H groups in total. The van der Waals surface area contributed by atoms with Gasteiger partial charge >= 0.3 is 10.1 Å². The lowest BCUT2D eigenvalue weighted by atomic mass is 10.2. The summed E-state index contributed by atoms with van der Waals surface area (Å²) in [6.45, 7) is 2.20. The van der Waals surface area contributed by atoms with Crippen molar-refractivity contribution in [3.63, 3.8) is 0 Å². The second-order valence-corrected chi connectivity index (χ2v) is 7.42. The topological polar surface area (TPSA) is 72.6 Å². The largest absolute Gasteiger partial charge is 0.379 e. The Morgan fingerprint density at radius 1 is 1.12 bits per heavy atom. The highest BCUT2D eigenvalue weighted by Gasteiger charge is 2.20. The van der Waals surface area contributed by atoms with Gasteiger partial charge in [0.2, 0.25) is 0 Å². The second kappa shape index (κ2) is 11.6. The smallest absolute Gasteiger partial charge is 0.340 e. The van der Waals surface area contributed by atoms with Crippen LogP contribution in [0.2, 0.25) is 5.02 Å². The zero-order valence-electron chi connectivity index (χ0n) is 14.3. The van der Waals surface area contributed by atoms with Crippen LogP contribution in [0, 0.1) is 0 Å². The molecule has 0 aromatic heterocycles. The van der Waals surface area contributed by atoms with Crippen LogP contribution in [0.3, 0.4) is 0 Å². The van der Waals surface area contributed by atoms with E-state index in [4.69, 9.17) is 21.5 Å². The molecule has 0 unspecified atom stereocenters. The maximum absolute atomic E-state index is 12.4. The number of nitrogens with zero attached hydrogens (tertiary/aromatic N) is 1. The first-order valence-electron chi connectivity index (χ1n) is 7.59. The van der Waals surface area contributed by atoms with Crippen LogP contribution in [-0.2, 0) is 16.7 Å². The van der Waals surface area contributed by atoms with Crippen molar-refractivity contribution < 1.29 is 12.6 Å². The van der Waals surface area contributed by atoms with Crippen LogP contribution in [0.4, 0.5) is 0 Å². The predicted octanol–water partition coefficient (Wildman–Crippen LogP) is 3.73. The van der Waals surface area contributed by atoms with Crippen molar-refractivity contribution in [1.29, 1.82) is 0 Å². The average molecular weight is 442 g/mol. The van der Waals surface area contributed by atoms with Crippen LogP contribution in [0.25, 0.3) is 0 Å². The Labute approximate surface area is 172 Å². The molecule has 0 aliphatic heterocycles. The molecule has 0 saturated carbocycles. The van der Waals surface area contributed by atoms with E-state index in [1.807, 2.05) is 13.1 Å². The molecule has 0 bridgehead atoms. The molecule has 9 heteroatoms. The van der Waals surface area contributed by atoms with E-state index in [0.29, 0.717) is 13.1 Å². The van der Waals surface area contributed by atoms with Crippen molar-refractivity contribution in [3.8, 4) is 5.75 Å². The number of hydrogen-bond acceptors (Lipinski definition) is 5. The summed E-state index contributed by atoms with van der Waals surface area (Å²) >= 11 is 5.95. The standard InChI is InChI=1S/C17H21ClN2O3S.2ClH/c1-20(11-5-10-19)13-14-6-4-7-15(12-14)23-24(21,22)17-9-3-2-8-16(17)18;;/h2-4,6-9,12H,5,10-11,13,19H2,1H3;2*1H. The van der Waals surface area contributed by atoms with Gasteiger partial charge in [-0.15, -0.1) is 24.8 Å². The maximum Gasteiger partial charge on any atom is 0.340 e. The van der Waals surface area contributed by atoms with Gasteiger partial charge in [0.1, 0.15) is 10.6 Å². The zero-order valence-corrected chi connectivity index (χ0v) is 17.5. The Bertz CT molecular complexity index is 788. The highest BCUT2D eigenvalue weighted by Crippen LogP contribution is 2.25. The Kier molecular flexibility index (Phi) is 11.2. The van der Waals surface area contributed by atoms with Gasteiger partial charge in [-0.2, -0.15) is 8.42 Å². The molecule has 2 rings (SSSR count). The molecular weight excluding hydrogens is 419 g/mol. The van der Waals surface area contributed by atoms with Gasteiger partial charge in [-0.25, -0.2) is 0 Å². The first-order chi connectivity index (χ1) is 11.4. The van der Waals surface area contributed by atoms with E-state index in [9.17, 15) is 8.42 Å². The molecule has 146 valence electrons. The molecule has 0 atom stereocenters.